The maximum absolute atomic E-state index is 2.54. The fraction of sp³-hybridized carbons (Fsp3) is 0.0943. The monoisotopic (exact) mass is 819 g/mol. The molecule has 1 nitrogen and oxygen atoms in total. The van der Waals surface area contributed by atoms with E-state index >= 15 is 0 Å². The molecule has 0 saturated carbocycles. The van der Waals surface area contributed by atoms with Crippen LogP contribution in [0.1, 0.15) is 48.7 Å². The number of alkyl halides is 1. The first kappa shape index (κ1) is 33.8. The van der Waals surface area contributed by atoms with Crippen LogP contribution in [0.4, 0.5) is 17.1 Å². The molecule has 0 fully saturated rings. The summed E-state index contributed by atoms with van der Waals surface area (Å²) in [6.07, 6.45) is 0. The third-order valence-electron chi connectivity index (χ3n) is 12.3. The predicted molar refractivity (Wildman–Crippen MR) is 242 cm³/mol. The second-order valence-electron chi connectivity index (χ2n) is 15.2. The number of benzene rings is 8. The number of halogens is 1. The zero-order chi connectivity index (χ0) is 37.3. The Hall–Kier alpha value is -5.71. The van der Waals surface area contributed by atoms with Gasteiger partial charge in [-0.15, -0.1) is 0 Å². The van der Waals surface area contributed by atoms with Gasteiger partial charge < -0.3 is 4.90 Å². The molecular formula is C53H42IN. The fourth-order valence-electron chi connectivity index (χ4n) is 10.1. The normalized spacial score (nSPS) is 14.1. The van der Waals surface area contributed by atoms with Crippen molar-refractivity contribution >= 4 is 39.7 Å². The van der Waals surface area contributed by atoms with Gasteiger partial charge in [0.25, 0.3) is 0 Å². The average Bonchev–Trinajstić information content (AvgIpc) is 3.81. The Morgan fingerprint density at radius 1 is 0.382 bits per heavy atom. The highest BCUT2D eigenvalue weighted by Gasteiger charge is 2.52. The van der Waals surface area contributed by atoms with Crippen molar-refractivity contribution in [2.45, 2.75) is 24.7 Å². The van der Waals surface area contributed by atoms with E-state index in [0.29, 0.717) is 0 Å². The molecule has 0 radical (unpaired) electrons. The quantitative estimate of drug-likeness (QED) is 0.126. The predicted octanol–water partition coefficient (Wildman–Crippen LogP) is 14.8. The summed E-state index contributed by atoms with van der Waals surface area (Å²) in [6.45, 7) is 4.75. The van der Waals surface area contributed by atoms with Crippen LogP contribution in [0.25, 0.3) is 44.5 Å². The molecule has 0 unspecified atom stereocenters. The summed E-state index contributed by atoms with van der Waals surface area (Å²) in [6, 6.07) is 70.1. The van der Waals surface area contributed by atoms with Crippen LogP contribution in [-0.2, 0) is 10.8 Å². The molecule has 0 aliphatic heterocycles. The minimum atomic E-state index is -0.415. The van der Waals surface area contributed by atoms with Gasteiger partial charge in [0, 0.05) is 23.7 Å². The minimum Gasteiger partial charge on any atom is -0.309 e. The van der Waals surface area contributed by atoms with Crippen molar-refractivity contribution in [2.24, 2.45) is 0 Å². The van der Waals surface area contributed by atoms with Crippen LogP contribution in [-0.4, -0.2) is 4.93 Å². The van der Waals surface area contributed by atoms with E-state index in [2.05, 4.69) is 229 Å². The number of rotatable bonds is 4. The van der Waals surface area contributed by atoms with Crippen molar-refractivity contribution in [1.82, 2.24) is 0 Å². The minimum absolute atomic E-state index is 0. The molecule has 11 rings (SSSR count). The molecule has 3 aliphatic carbocycles. The van der Waals surface area contributed by atoms with E-state index in [0.717, 1.165) is 11.4 Å². The second-order valence-corrected chi connectivity index (χ2v) is 15.2. The molecule has 0 bridgehead atoms. The Morgan fingerprint density at radius 2 is 0.836 bits per heavy atom. The number of hydrogen-bond acceptors (Lipinski definition) is 1. The van der Waals surface area contributed by atoms with Crippen molar-refractivity contribution in [2.75, 3.05) is 9.83 Å². The highest BCUT2D eigenvalue weighted by atomic mass is 127. The van der Waals surface area contributed by atoms with E-state index in [4.69, 9.17) is 0 Å². The van der Waals surface area contributed by atoms with Crippen molar-refractivity contribution in [3.8, 4) is 44.5 Å². The topological polar surface area (TPSA) is 3.24 Å². The number of fused-ring (bicyclic) bond motifs is 13. The van der Waals surface area contributed by atoms with Gasteiger partial charge in [-0.25, -0.2) is 0 Å². The number of para-hydroxylation sites is 1. The zero-order valence-corrected chi connectivity index (χ0v) is 33.4. The van der Waals surface area contributed by atoms with Crippen LogP contribution in [0.3, 0.4) is 0 Å². The summed E-state index contributed by atoms with van der Waals surface area (Å²) < 4.78 is 0. The Morgan fingerprint density at radius 3 is 1.49 bits per heavy atom. The highest BCUT2D eigenvalue weighted by molar-refractivity contribution is 14.1. The van der Waals surface area contributed by atoms with Crippen LogP contribution in [0.15, 0.2) is 188 Å². The molecule has 8 aromatic rings. The van der Waals surface area contributed by atoms with Gasteiger partial charge in [0.05, 0.1) is 16.8 Å². The van der Waals surface area contributed by atoms with E-state index in [-0.39, 0.29) is 6.84 Å². The van der Waals surface area contributed by atoms with Crippen LogP contribution in [0.5, 0.6) is 0 Å². The Labute approximate surface area is 339 Å². The van der Waals surface area contributed by atoms with Gasteiger partial charge in [0.1, 0.15) is 0 Å². The summed E-state index contributed by atoms with van der Waals surface area (Å²) in [5.41, 5.74) is 21.4. The molecule has 266 valence electrons. The third-order valence-corrected chi connectivity index (χ3v) is 12.3. The molecule has 0 atom stereocenters. The zero-order valence-electron chi connectivity index (χ0n) is 31.2. The van der Waals surface area contributed by atoms with Gasteiger partial charge in [-0.05, 0) is 96.0 Å². The molecule has 8 aromatic carbocycles. The SMILES string of the molecule is CC1(C)c2ccccc2-c2ccc(N(c3ccccc3-c3ccccc3)c3cccc4c3-c3ccccc3C43c4ccccc4-c4ccccc43)cc21.CI.[HH]. The molecule has 1 spiro atoms. The van der Waals surface area contributed by atoms with Crippen LogP contribution in [0.2, 0.25) is 0 Å². The summed E-state index contributed by atoms with van der Waals surface area (Å²) in [7, 11) is 0. The molecule has 2 heteroatoms. The van der Waals surface area contributed by atoms with E-state index in [1.54, 1.807) is 0 Å². The van der Waals surface area contributed by atoms with Gasteiger partial charge >= 0.3 is 0 Å². The summed E-state index contributed by atoms with van der Waals surface area (Å²) >= 11 is 2.15. The van der Waals surface area contributed by atoms with E-state index in [1.807, 2.05) is 4.93 Å². The van der Waals surface area contributed by atoms with Gasteiger partial charge in [0.15, 0.2) is 0 Å². The second kappa shape index (κ2) is 13.0. The first-order valence-corrected chi connectivity index (χ1v) is 21.2. The van der Waals surface area contributed by atoms with Crippen LogP contribution in [0, 0.1) is 0 Å². The molecule has 55 heavy (non-hydrogen) atoms. The molecule has 0 amide bonds. The molecule has 3 aliphatic rings. The van der Waals surface area contributed by atoms with E-state index < -0.39 is 5.41 Å². The molecule has 0 aromatic heterocycles. The highest BCUT2D eigenvalue weighted by Crippen LogP contribution is 2.65. The summed E-state index contributed by atoms with van der Waals surface area (Å²) in [5.74, 6) is 0. The fourth-order valence-corrected chi connectivity index (χ4v) is 10.1. The molecule has 0 N–H and O–H groups in total. The van der Waals surface area contributed by atoms with Gasteiger partial charge in [-0.2, -0.15) is 0 Å². The number of nitrogens with zero attached hydrogens (tertiary/aromatic N) is 1. The average molecular weight is 820 g/mol. The maximum Gasteiger partial charge on any atom is 0.0726 e. The van der Waals surface area contributed by atoms with Crippen LogP contribution < -0.4 is 4.90 Å². The Balaban J connectivity index is 0.00000135. The lowest BCUT2D eigenvalue weighted by atomic mass is 9.70. The van der Waals surface area contributed by atoms with Crippen molar-refractivity contribution in [3.63, 3.8) is 0 Å². The smallest absolute Gasteiger partial charge is 0.0726 e. The standard InChI is InChI=1S/C52H37N.CH3I.H2/c1-51(2)42-24-11-6-20-37(42)40-32-31-35(33-47(40)51)53(48-29-15-10-19-36(48)34-17-4-3-5-18-34)49-30-16-28-46-50(49)41-23-9-14-27-45(41)52(46)43-25-12-7-21-38(43)39-22-8-13-26-44(39)52;1-2;/h3-33H,1-2H3;1H3;1H. The maximum atomic E-state index is 2.54. The van der Waals surface area contributed by atoms with Gasteiger partial charge in [-0.3, -0.25) is 0 Å². The Kier molecular flexibility index (Phi) is 7.97. The summed E-state index contributed by atoms with van der Waals surface area (Å²) in [4.78, 5) is 4.51. The first-order chi connectivity index (χ1) is 27.1. The van der Waals surface area contributed by atoms with E-state index in [9.17, 15) is 0 Å². The van der Waals surface area contributed by atoms with Gasteiger partial charge in [-0.1, -0.05) is 200 Å². The van der Waals surface area contributed by atoms with Crippen molar-refractivity contribution < 1.29 is 1.43 Å². The lowest BCUT2D eigenvalue weighted by molar-refractivity contribution is 0.660. The van der Waals surface area contributed by atoms with E-state index in [1.165, 1.54) is 83.6 Å². The lowest BCUT2D eigenvalue weighted by Crippen LogP contribution is -2.26. The van der Waals surface area contributed by atoms with Gasteiger partial charge in [0.2, 0.25) is 0 Å². The Bertz CT molecular complexity index is 2740. The lowest BCUT2D eigenvalue weighted by Gasteiger charge is -2.33. The molecular weight excluding hydrogens is 777 g/mol. The van der Waals surface area contributed by atoms with Crippen molar-refractivity contribution in [1.29, 1.82) is 0 Å². The number of hydrogen-bond donors (Lipinski definition) is 0. The summed E-state index contributed by atoms with van der Waals surface area (Å²) in [5, 5.41) is 0. The molecule has 0 saturated heterocycles. The third kappa shape index (κ3) is 4.71. The first-order valence-electron chi connectivity index (χ1n) is 19.1. The molecule has 0 heterocycles. The van der Waals surface area contributed by atoms with Crippen LogP contribution >= 0.6 is 22.6 Å². The van der Waals surface area contributed by atoms with Crippen molar-refractivity contribution in [3.05, 3.63) is 221 Å². The largest absolute Gasteiger partial charge is 0.309 e. The number of anilines is 3.